The van der Waals surface area contributed by atoms with Crippen LogP contribution in [0.1, 0.15) is 29.3 Å². The number of aromatic nitrogens is 2. The molecule has 1 N–H and O–H groups in total. The molecule has 1 aliphatic carbocycles. The van der Waals surface area contributed by atoms with Gasteiger partial charge in [0.15, 0.2) is 0 Å². The summed E-state index contributed by atoms with van der Waals surface area (Å²) >= 11 is 7.44. The molecule has 1 aromatic carbocycles. The largest absolute Gasteiger partial charge is 0.488 e. The van der Waals surface area contributed by atoms with Crippen LogP contribution in [0.4, 0.5) is 5.13 Å². The Morgan fingerprint density at radius 3 is 3.08 bits per heavy atom. The summed E-state index contributed by atoms with van der Waals surface area (Å²) < 4.78 is 5.65. The highest BCUT2D eigenvalue weighted by Gasteiger charge is 2.27. The van der Waals surface area contributed by atoms with E-state index in [1.165, 1.54) is 30.3 Å². The lowest BCUT2D eigenvalue weighted by Gasteiger charge is -2.16. The summed E-state index contributed by atoms with van der Waals surface area (Å²) in [6, 6.07) is 5.47. The molecule has 1 amide bonds. The Morgan fingerprint density at radius 2 is 2.25 bits per heavy atom. The van der Waals surface area contributed by atoms with E-state index < -0.39 is 0 Å². The quantitative estimate of drug-likeness (QED) is 0.837. The van der Waals surface area contributed by atoms with E-state index in [2.05, 4.69) is 15.5 Å². The van der Waals surface area contributed by atoms with Gasteiger partial charge in [0.1, 0.15) is 17.4 Å². The predicted octanol–water partition coefficient (Wildman–Crippen LogP) is 4.04. The summed E-state index contributed by atoms with van der Waals surface area (Å²) in [7, 11) is 0. The van der Waals surface area contributed by atoms with Crippen LogP contribution in [0.3, 0.4) is 0 Å². The predicted molar refractivity (Wildman–Crippen MR) is 94.6 cm³/mol. The number of halogens is 1. The lowest BCUT2D eigenvalue weighted by atomic mass is 10.1. The molecule has 1 aliphatic heterocycles. The van der Waals surface area contributed by atoms with Crippen molar-refractivity contribution in [2.75, 3.05) is 11.9 Å². The lowest BCUT2D eigenvalue weighted by Crippen LogP contribution is -2.09. The van der Waals surface area contributed by atoms with Gasteiger partial charge in [0.2, 0.25) is 11.0 Å². The second-order valence-corrected chi connectivity index (χ2v) is 7.18. The molecule has 2 aromatic rings. The van der Waals surface area contributed by atoms with Crippen LogP contribution in [-0.4, -0.2) is 22.7 Å². The van der Waals surface area contributed by atoms with Gasteiger partial charge < -0.3 is 4.74 Å². The Bertz CT molecular complexity index is 855. The Hall–Kier alpha value is -2.18. The maximum absolute atomic E-state index is 12.0. The van der Waals surface area contributed by atoms with Crippen LogP contribution in [0.15, 0.2) is 35.9 Å². The highest BCUT2D eigenvalue weighted by molar-refractivity contribution is 7.15. The van der Waals surface area contributed by atoms with Crippen molar-refractivity contribution in [3.63, 3.8) is 0 Å². The Kier molecular flexibility index (Phi) is 4.08. The second-order valence-electron chi connectivity index (χ2n) is 5.73. The van der Waals surface area contributed by atoms with Crippen LogP contribution in [0.25, 0.3) is 6.08 Å². The van der Waals surface area contributed by atoms with Crippen molar-refractivity contribution in [3.05, 3.63) is 51.5 Å². The number of ether oxygens (including phenoxy) is 1. The average molecular weight is 360 g/mol. The zero-order valence-corrected chi connectivity index (χ0v) is 14.2. The van der Waals surface area contributed by atoms with Crippen LogP contribution >= 0.6 is 22.9 Å². The van der Waals surface area contributed by atoms with Crippen LogP contribution in [-0.2, 0) is 4.79 Å². The van der Waals surface area contributed by atoms with Crippen molar-refractivity contribution in [2.24, 2.45) is 0 Å². The van der Waals surface area contributed by atoms with E-state index in [9.17, 15) is 4.79 Å². The Balaban J connectivity index is 1.41. The summed E-state index contributed by atoms with van der Waals surface area (Å²) in [5, 5.41) is 13.0. The minimum Gasteiger partial charge on any atom is -0.488 e. The Labute approximate surface area is 148 Å². The minimum atomic E-state index is -0.230. The number of benzene rings is 1. The molecule has 1 aromatic heterocycles. The molecule has 4 rings (SSSR count). The minimum absolute atomic E-state index is 0.230. The smallest absolute Gasteiger partial charge is 0.250 e. The zero-order chi connectivity index (χ0) is 16.5. The van der Waals surface area contributed by atoms with Crippen LogP contribution < -0.4 is 10.1 Å². The number of nitrogens with one attached hydrogen (secondary N) is 1. The number of hydrogen-bond acceptors (Lipinski definition) is 5. The highest BCUT2D eigenvalue weighted by atomic mass is 35.5. The number of fused-ring (bicyclic) bond motifs is 1. The van der Waals surface area contributed by atoms with Crippen molar-refractivity contribution < 1.29 is 9.53 Å². The van der Waals surface area contributed by atoms with E-state index in [4.69, 9.17) is 16.3 Å². The first kappa shape index (κ1) is 15.4. The maximum Gasteiger partial charge on any atom is 0.250 e. The summed E-state index contributed by atoms with van der Waals surface area (Å²) in [5.74, 6) is 1.11. The zero-order valence-electron chi connectivity index (χ0n) is 12.7. The van der Waals surface area contributed by atoms with E-state index in [1.54, 1.807) is 12.1 Å². The SMILES string of the molecule is O=C(/C=C/C1=Cc2cc(Cl)ccc2OC1)Nc1nnc(C2CC2)s1. The van der Waals surface area contributed by atoms with Gasteiger partial charge in [0.25, 0.3) is 0 Å². The third-order valence-electron chi connectivity index (χ3n) is 3.75. The van der Waals surface area contributed by atoms with Gasteiger partial charge in [-0.15, -0.1) is 10.2 Å². The molecule has 2 aliphatic rings. The van der Waals surface area contributed by atoms with E-state index in [0.717, 1.165) is 21.9 Å². The first-order valence-electron chi connectivity index (χ1n) is 7.63. The third-order valence-corrected chi connectivity index (χ3v) is 4.99. The second kappa shape index (κ2) is 6.37. The lowest BCUT2D eigenvalue weighted by molar-refractivity contribution is -0.111. The van der Waals surface area contributed by atoms with E-state index in [-0.39, 0.29) is 5.91 Å². The molecular formula is C17H14ClN3O2S. The number of anilines is 1. The molecule has 0 bridgehead atoms. The molecule has 2 heterocycles. The molecule has 0 spiro atoms. The number of rotatable bonds is 4. The molecule has 7 heteroatoms. The molecule has 24 heavy (non-hydrogen) atoms. The summed E-state index contributed by atoms with van der Waals surface area (Å²) in [6.07, 6.45) is 7.51. The maximum atomic E-state index is 12.0. The fourth-order valence-corrected chi connectivity index (χ4v) is 3.47. The fourth-order valence-electron chi connectivity index (χ4n) is 2.37. The Morgan fingerprint density at radius 1 is 1.38 bits per heavy atom. The molecule has 122 valence electrons. The van der Waals surface area contributed by atoms with E-state index in [0.29, 0.717) is 22.7 Å². The molecule has 5 nitrogen and oxygen atoms in total. The number of hydrogen-bond donors (Lipinski definition) is 1. The van der Waals surface area contributed by atoms with Gasteiger partial charge >= 0.3 is 0 Å². The molecule has 1 saturated carbocycles. The summed E-state index contributed by atoms with van der Waals surface area (Å²) in [6.45, 7) is 0.420. The first-order valence-corrected chi connectivity index (χ1v) is 8.82. The van der Waals surface area contributed by atoms with Gasteiger partial charge in [-0.25, -0.2) is 0 Å². The average Bonchev–Trinajstić information content (AvgIpc) is 3.32. The molecule has 0 radical (unpaired) electrons. The molecule has 0 unspecified atom stereocenters. The fraction of sp³-hybridized carbons (Fsp3) is 0.235. The van der Waals surface area contributed by atoms with Gasteiger partial charge in [0, 0.05) is 22.6 Å². The molecular weight excluding hydrogens is 346 g/mol. The normalized spacial score (nSPS) is 16.5. The van der Waals surface area contributed by atoms with E-state index in [1.807, 2.05) is 18.2 Å². The van der Waals surface area contributed by atoms with Crippen molar-refractivity contribution in [2.45, 2.75) is 18.8 Å². The van der Waals surface area contributed by atoms with Crippen LogP contribution in [0, 0.1) is 0 Å². The van der Waals surface area contributed by atoms with Gasteiger partial charge in [-0.1, -0.05) is 29.0 Å². The number of carbonyl (C=O) groups is 1. The molecule has 0 atom stereocenters. The number of carbonyl (C=O) groups excluding carboxylic acids is 1. The van der Waals surface area contributed by atoms with Crippen LogP contribution in [0.2, 0.25) is 5.02 Å². The van der Waals surface area contributed by atoms with Crippen molar-refractivity contribution in [1.29, 1.82) is 0 Å². The van der Waals surface area contributed by atoms with Gasteiger partial charge in [-0.05, 0) is 42.7 Å². The highest BCUT2D eigenvalue weighted by Crippen LogP contribution is 2.42. The summed E-state index contributed by atoms with van der Waals surface area (Å²) in [4.78, 5) is 12.0. The van der Waals surface area contributed by atoms with Gasteiger partial charge in [-0.3, -0.25) is 10.1 Å². The number of nitrogens with zero attached hydrogens (tertiary/aromatic N) is 2. The van der Waals surface area contributed by atoms with Crippen LogP contribution in [0.5, 0.6) is 5.75 Å². The first-order chi connectivity index (χ1) is 11.7. The monoisotopic (exact) mass is 359 g/mol. The third kappa shape index (κ3) is 3.49. The molecule has 1 fully saturated rings. The number of amides is 1. The topological polar surface area (TPSA) is 64.1 Å². The molecule has 0 saturated heterocycles. The van der Waals surface area contributed by atoms with E-state index >= 15 is 0 Å². The van der Waals surface area contributed by atoms with Gasteiger partial charge in [0.05, 0.1) is 0 Å². The van der Waals surface area contributed by atoms with Crippen molar-refractivity contribution in [3.8, 4) is 5.75 Å². The standard InChI is InChI=1S/C17H14ClN3O2S/c18-13-4-5-14-12(8-13)7-10(9-23-14)1-6-15(22)19-17-21-20-16(24-17)11-2-3-11/h1,4-8,11H,2-3,9H2,(H,19,21,22)/b6-1+. The van der Waals surface area contributed by atoms with Crippen molar-refractivity contribution in [1.82, 2.24) is 10.2 Å². The summed E-state index contributed by atoms with van der Waals surface area (Å²) in [5.41, 5.74) is 1.81. The van der Waals surface area contributed by atoms with Gasteiger partial charge in [-0.2, -0.15) is 0 Å². The van der Waals surface area contributed by atoms with Crippen molar-refractivity contribution >= 4 is 40.1 Å².